The van der Waals surface area contributed by atoms with E-state index in [1.807, 2.05) is 18.7 Å². The molecule has 1 amide bonds. The third-order valence-electron chi connectivity index (χ3n) is 6.42. The van der Waals surface area contributed by atoms with E-state index in [4.69, 9.17) is 0 Å². The van der Waals surface area contributed by atoms with Gasteiger partial charge in [-0.15, -0.1) is 0 Å². The Morgan fingerprint density at radius 1 is 1.17 bits per heavy atom. The number of hydrogen-bond donors (Lipinski definition) is 3. The molecule has 0 spiro atoms. The smallest absolute Gasteiger partial charge is 0.279 e. The highest BCUT2D eigenvalue weighted by Crippen LogP contribution is 2.30. The molecule has 1 saturated heterocycles. The van der Waals surface area contributed by atoms with Gasteiger partial charge >= 0.3 is 0 Å². The highest BCUT2D eigenvalue weighted by molar-refractivity contribution is 5.91. The third-order valence-corrected chi connectivity index (χ3v) is 6.42. The molecule has 0 saturated carbocycles. The summed E-state index contributed by atoms with van der Waals surface area (Å²) in [6, 6.07) is 14.6. The van der Waals surface area contributed by atoms with E-state index in [0.717, 1.165) is 36.6 Å². The molecular weight excluding hydrogens is 376 g/mol. The molecule has 2 aromatic rings. The van der Waals surface area contributed by atoms with Gasteiger partial charge in [-0.25, -0.2) is 0 Å². The Hall–Kier alpha value is -2.44. The lowest BCUT2D eigenvalue weighted by atomic mass is 9.83. The van der Waals surface area contributed by atoms with Gasteiger partial charge in [0, 0.05) is 30.5 Å². The van der Waals surface area contributed by atoms with Crippen LogP contribution in [-0.2, 0) is 17.8 Å². The minimum Gasteiger partial charge on any atom is -0.334 e. The van der Waals surface area contributed by atoms with Gasteiger partial charge < -0.3 is 19.7 Å². The van der Waals surface area contributed by atoms with Crippen molar-refractivity contribution in [1.29, 1.82) is 0 Å². The van der Waals surface area contributed by atoms with Crippen LogP contribution in [0, 0.1) is 5.92 Å². The molecule has 3 atom stereocenters. The first-order valence-electron chi connectivity index (χ1n) is 11.2. The first-order chi connectivity index (χ1) is 14.5. The van der Waals surface area contributed by atoms with Crippen LogP contribution in [0.5, 0.6) is 0 Å². The Morgan fingerprint density at radius 2 is 1.97 bits per heavy atom. The maximum atomic E-state index is 13.0. The Kier molecular flexibility index (Phi) is 6.35. The van der Waals surface area contributed by atoms with Crippen LogP contribution in [0.2, 0.25) is 0 Å². The van der Waals surface area contributed by atoms with Gasteiger partial charge in [0.15, 0.2) is 6.54 Å². The van der Waals surface area contributed by atoms with E-state index in [1.54, 1.807) is 11.0 Å². The number of pyridine rings is 1. The summed E-state index contributed by atoms with van der Waals surface area (Å²) < 4.78 is 1.93. The maximum absolute atomic E-state index is 13.0. The standard InChI is InChI=1S/C24H32N4O2/c1-26(2)17-23(29)25-21-10-11-22-20-13-19(15-28(22)24(21)30)14-27(16-20)12-6-9-18-7-4-3-5-8-18/h3-5,7-8,10-11,19-20H,6,9,12-17H2,1-2H3,(H,25,29)/p+2/t19-,20+/m0/s1. The molecule has 2 aliphatic heterocycles. The number of likely N-dealkylation sites (N-methyl/N-ethyl adjacent to an activating group) is 1. The normalized spacial score (nSPS) is 22.6. The molecule has 3 heterocycles. The summed E-state index contributed by atoms with van der Waals surface area (Å²) in [6.07, 6.45) is 3.51. The molecule has 2 aliphatic rings. The molecule has 6 nitrogen and oxygen atoms in total. The van der Waals surface area contributed by atoms with Crippen molar-refractivity contribution in [2.45, 2.75) is 31.7 Å². The number of aromatic nitrogens is 1. The van der Waals surface area contributed by atoms with Crippen LogP contribution in [0.15, 0.2) is 47.3 Å². The largest absolute Gasteiger partial charge is 0.334 e. The van der Waals surface area contributed by atoms with Crippen LogP contribution in [0.25, 0.3) is 0 Å². The lowest BCUT2D eigenvalue weighted by molar-refractivity contribution is -0.911. The number of hydrogen-bond acceptors (Lipinski definition) is 2. The lowest BCUT2D eigenvalue weighted by Gasteiger charge is -2.40. The molecule has 4 rings (SSSR count). The van der Waals surface area contributed by atoms with E-state index in [1.165, 1.54) is 24.9 Å². The monoisotopic (exact) mass is 410 g/mol. The van der Waals surface area contributed by atoms with Gasteiger partial charge in [-0.05, 0) is 30.5 Å². The number of anilines is 1. The van der Waals surface area contributed by atoms with Crippen molar-refractivity contribution < 1.29 is 14.6 Å². The fourth-order valence-electron chi connectivity index (χ4n) is 5.17. The van der Waals surface area contributed by atoms with Gasteiger partial charge in [-0.2, -0.15) is 0 Å². The molecule has 1 aromatic carbocycles. The van der Waals surface area contributed by atoms with Crippen LogP contribution in [0.1, 0.15) is 30.0 Å². The van der Waals surface area contributed by atoms with Crippen molar-refractivity contribution in [2.75, 3.05) is 45.6 Å². The van der Waals surface area contributed by atoms with Gasteiger partial charge in [0.05, 0.1) is 33.7 Å². The number of carbonyl (C=O) groups excluding carboxylic acids is 1. The minimum atomic E-state index is -0.113. The quantitative estimate of drug-likeness (QED) is 0.580. The maximum Gasteiger partial charge on any atom is 0.279 e. The van der Waals surface area contributed by atoms with Gasteiger partial charge in [0.25, 0.3) is 11.5 Å². The molecule has 1 aromatic heterocycles. The summed E-state index contributed by atoms with van der Waals surface area (Å²) in [6.45, 7) is 4.55. The average molecular weight is 411 g/mol. The summed E-state index contributed by atoms with van der Waals surface area (Å²) in [4.78, 5) is 27.8. The Balaban J connectivity index is 1.40. The highest BCUT2D eigenvalue weighted by atomic mass is 16.2. The van der Waals surface area contributed by atoms with E-state index in [0.29, 0.717) is 24.1 Å². The first-order valence-corrected chi connectivity index (χ1v) is 11.2. The molecule has 3 N–H and O–H groups in total. The number of quaternary nitrogens is 2. The summed E-state index contributed by atoms with van der Waals surface area (Å²) in [5, 5.41) is 2.81. The van der Waals surface area contributed by atoms with Gasteiger partial charge in [0.2, 0.25) is 0 Å². The number of fused-ring (bicyclic) bond motifs is 4. The average Bonchev–Trinajstić information content (AvgIpc) is 2.71. The summed E-state index contributed by atoms with van der Waals surface area (Å²) in [7, 11) is 3.85. The van der Waals surface area contributed by atoms with Gasteiger partial charge in [-0.3, -0.25) is 9.59 Å². The van der Waals surface area contributed by atoms with Crippen LogP contribution in [-0.4, -0.2) is 50.7 Å². The zero-order valence-corrected chi connectivity index (χ0v) is 18.1. The molecule has 1 unspecified atom stereocenters. The van der Waals surface area contributed by atoms with Gasteiger partial charge in [0.1, 0.15) is 5.69 Å². The number of aryl methyl sites for hydroxylation is 1. The molecule has 160 valence electrons. The Morgan fingerprint density at radius 3 is 2.73 bits per heavy atom. The summed E-state index contributed by atoms with van der Waals surface area (Å²) >= 11 is 0. The first kappa shape index (κ1) is 20.8. The fraction of sp³-hybridized carbons (Fsp3) is 0.500. The number of carbonyl (C=O) groups is 1. The third kappa shape index (κ3) is 4.82. The predicted octanol–water partition coefficient (Wildman–Crippen LogP) is -0.434. The van der Waals surface area contributed by atoms with E-state index < -0.39 is 0 Å². The van der Waals surface area contributed by atoms with Crippen molar-refractivity contribution in [3.8, 4) is 0 Å². The minimum absolute atomic E-state index is 0.0446. The zero-order chi connectivity index (χ0) is 21.1. The van der Waals surface area contributed by atoms with Crippen LogP contribution >= 0.6 is 0 Å². The number of nitrogens with one attached hydrogen (secondary N) is 3. The number of nitrogens with zero attached hydrogens (tertiary/aromatic N) is 1. The molecule has 2 bridgehead atoms. The number of likely N-dealkylation sites (tertiary alicyclic amines) is 1. The van der Waals surface area contributed by atoms with E-state index >= 15 is 0 Å². The molecule has 0 aliphatic carbocycles. The molecular formula is C24H34N4O2+2. The SMILES string of the molecule is C[NH+](C)CC(=O)Nc1ccc2n(c1=O)C[C@H]1C[C@@H]2C[NH+](CCCc2ccccc2)C1. The number of piperidine rings is 1. The summed E-state index contributed by atoms with van der Waals surface area (Å²) in [5.74, 6) is 0.864. The second-order valence-electron chi connectivity index (χ2n) is 9.32. The second-order valence-corrected chi connectivity index (χ2v) is 9.32. The Bertz CT molecular complexity index is 938. The summed E-state index contributed by atoms with van der Waals surface area (Å²) in [5.41, 5.74) is 2.93. The van der Waals surface area contributed by atoms with Crippen LogP contribution in [0.4, 0.5) is 5.69 Å². The number of amides is 1. The van der Waals surface area contributed by atoms with E-state index in [2.05, 4.69) is 41.7 Å². The molecule has 6 heteroatoms. The second kappa shape index (κ2) is 9.14. The predicted molar refractivity (Wildman–Crippen MR) is 118 cm³/mol. The van der Waals surface area contributed by atoms with Crippen molar-refractivity contribution in [2.24, 2.45) is 5.92 Å². The van der Waals surface area contributed by atoms with Crippen LogP contribution in [0.3, 0.4) is 0 Å². The van der Waals surface area contributed by atoms with Crippen LogP contribution < -0.4 is 20.7 Å². The lowest BCUT2D eigenvalue weighted by Crippen LogP contribution is -3.14. The number of benzene rings is 1. The van der Waals surface area contributed by atoms with Crippen molar-refractivity contribution >= 4 is 11.6 Å². The topological polar surface area (TPSA) is 60.0 Å². The Labute approximate surface area is 178 Å². The fourth-order valence-corrected chi connectivity index (χ4v) is 5.17. The van der Waals surface area contributed by atoms with E-state index in [-0.39, 0.29) is 11.5 Å². The van der Waals surface area contributed by atoms with Crippen molar-refractivity contribution in [3.05, 3.63) is 64.1 Å². The zero-order valence-electron chi connectivity index (χ0n) is 18.1. The molecule has 1 fully saturated rings. The van der Waals surface area contributed by atoms with Crippen molar-refractivity contribution in [3.63, 3.8) is 0 Å². The van der Waals surface area contributed by atoms with Gasteiger partial charge in [-0.1, -0.05) is 30.3 Å². The van der Waals surface area contributed by atoms with Crippen molar-refractivity contribution in [1.82, 2.24) is 4.57 Å². The van der Waals surface area contributed by atoms with E-state index in [9.17, 15) is 9.59 Å². The molecule has 0 radical (unpaired) electrons. The number of rotatable bonds is 7. The molecule has 30 heavy (non-hydrogen) atoms. The highest BCUT2D eigenvalue weighted by Gasteiger charge is 2.37.